The van der Waals surface area contributed by atoms with Crippen molar-refractivity contribution in [1.29, 1.82) is 0 Å². The van der Waals surface area contributed by atoms with Crippen LogP contribution in [0.15, 0.2) is 43.0 Å². The van der Waals surface area contributed by atoms with E-state index in [1.165, 1.54) is 0 Å². The zero-order valence-corrected chi connectivity index (χ0v) is 10.4. The maximum atomic E-state index is 11.5. The molecular formula is C14H17NO3. The highest BCUT2D eigenvalue weighted by molar-refractivity contribution is 5.78. The maximum absolute atomic E-state index is 11.5. The van der Waals surface area contributed by atoms with Gasteiger partial charge in [-0.05, 0) is 18.9 Å². The van der Waals surface area contributed by atoms with Crippen molar-refractivity contribution in [3.63, 3.8) is 0 Å². The van der Waals surface area contributed by atoms with Gasteiger partial charge in [0.2, 0.25) is 0 Å². The SMILES string of the molecule is C=CC[C@](C=O)(NC(=O)OCC)c1ccccc1. The van der Waals surface area contributed by atoms with Crippen LogP contribution in [0, 0.1) is 0 Å². The normalized spacial score (nSPS) is 13.2. The smallest absolute Gasteiger partial charge is 0.408 e. The molecule has 1 atom stereocenters. The van der Waals surface area contributed by atoms with Crippen LogP contribution in [0.25, 0.3) is 0 Å². The number of carbonyl (C=O) groups excluding carboxylic acids is 2. The minimum Gasteiger partial charge on any atom is -0.450 e. The molecule has 1 rings (SSSR count). The highest BCUT2D eigenvalue weighted by Gasteiger charge is 2.32. The molecule has 0 aromatic heterocycles. The summed E-state index contributed by atoms with van der Waals surface area (Å²) in [6, 6.07) is 9.03. The predicted octanol–water partition coefficient (Wildman–Crippen LogP) is 2.40. The predicted molar refractivity (Wildman–Crippen MR) is 69.2 cm³/mol. The van der Waals surface area contributed by atoms with E-state index < -0.39 is 11.6 Å². The average molecular weight is 247 g/mol. The quantitative estimate of drug-likeness (QED) is 0.620. The summed E-state index contributed by atoms with van der Waals surface area (Å²) in [5.74, 6) is 0. The maximum Gasteiger partial charge on any atom is 0.408 e. The van der Waals surface area contributed by atoms with Crippen LogP contribution in [0.1, 0.15) is 18.9 Å². The number of aldehydes is 1. The van der Waals surface area contributed by atoms with Gasteiger partial charge in [-0.3, -0.25) is 0 Å². The summed E-state index contributed by atoms with van der Waals surface area (Å²) in [6.45, 7) is 5.58. The molecule has 4 heteroatoms. The topological polar surface area (TPSA) is 55.4 Å². The summed E-state index contributed by atoms with van der Waals surface area (Å²) in [7, 11) is 0. The van der Waals surface area contributed by atoms with Gasteiger partial charge in [-0.25, -0.2) is 4.79 Å². The largest absolute Gasteiger partial charge is 0.450 e. The Morgan fingerprint density at radius 2 is 2.11 bits per heavy atom. The fourth-order valence-corrected chi connectivity index (χ4v) is 1.70. The average Bonchev–Trinajstić information content (AvgIpc) is 2.39. The summed E-state index contributed by atoms with van der Waals surface area (Å²) >= 11 is 0. The van der Waals surface area contributed by atoms with Crippen molar-refractivity contribution in [3.8, 4) is 0 Å². The molecule has 1 N–H and O–H groups in total. The van der Waals surface area contributed by atoms with Gasteiger partial charge in [-0.15, -0.1) is 6.58 Å². The zero-order chi connectivity index (χ0) is 13.4. The van der Waals surface area contributed by atoms with E-state index in [2.05, 4.69) is 11.9 Å². The van der Waals surface area contributed by atoms with Crippen LogP contribution in [-0.2, 0) is 15.1 Å². The van der Waals surface area contributed by atoms with Crippen LogP contribution in [-0.4, -0.2) is 19.0 Å². The first-order valence-electron chi connectivity index (χ1n) is 5.76. The molecule has 1 aromatic rings. The van der Waals surface area contributed by atoms with Crippen molar-refractivity contribution < 1.29 is 14.3 Å². The summed E-state index contributed by atoms with van der Waals surface area (Å²) in [5, 5.41) is 2.60. The molecule has 0 aliphatic rings. The van der Waals surface area contributed by atoms with Crippen molar-refractivity contribution in [2.75, 3.05) is 6.61 Å². The van der Waals surface area contributed by atoms with E-state index in [0.717, 1.165) is 0 Å². The summed E-state index contributed by atoms with van der Waals surface area (Å²) in [5.41, 5.74) is -0.414. The van der Waals surface area contributed by atoms with Gasteiger partial charge in [-0.1, -0.05) is 36.4 Å². The molecule has 1 amide bonds. The van der Waals surface area contributed by atoms with Crippen molar-refractivity contribution in [3.05, 3.63) is 48.6 Å². The Morgan fingerprint density at radius 1 is 1.44 bits per heavy atom. The number of alkyl carbamates (subject to hydrolysis) is 1. The lowest BCUT2D eigenvalue weighted by Crippen LogP contribution is -2.47. The van der Waals surface area contributed by atoms with Gasteiger partial charge in [0.15, 0.2) is 0 Å². The zero-order valence-electron chi connectivity index (χ0n) is 10.4. The number of amides is 1. The number of nitrogens with one attached hydrogen (secondary N) is 1. The molecule has 0 saturated heterocycles. The fraction of sp³-hybridized carbons (Fsp3) is 0.286. The Kier molecular flexibility index (Phi) is 5.11. The molecule has 96 valence electrons. The van der Waals surface area contributed by atoms with Gasteiger partial charge in [0.25, 0.3) is 0 Å². The van der Waals surface area contributed by atoms with Gasteiger partial charge in [-0.2, -0.15) is 0 Å². The lowest BCUT2D eigenvalue weighted by Gasteiger charge is -2.28. The van der Waals surface area contributed by atoms with Crippen LogP contribution in [0.3, 0.4) is 0 Å². The summed E-state index contributed by atoms with van der Waals surface area (Å²) in [6.07, 6.45) is 1.99. The molecule has 0 spiro atoms. The van der Waals surface area contributed by atoms with E-state index in [-0.39, 0.29) is 6.61 Å². The highest BCUT2D eigenvalue weighted by atomic mass is 16.5. The van der Waals surface area contributed by atoms with Crippen LogP contribution >= 0.6 is 0 Å². The molecule has 18 heavy (non-hydrogen) atoms. The van der Waals surface area contributed by atoms with Gasteiger partial charge < -0.3 is 14.8 Å². The minimum absolute atomic E-state index is 0.254. The second-order valence-electron chi connectivity index (χ2n) is 3.79. The molecular weight excluding hydrogens is 230 g/mol. The van der Waals surface area contributed by atoms with Crippen molar-refractivity contribution in [2.45, 2.75) is 18.9 Å². The first-order chi connectivity index (χ1) is 8.68. The van der Waals surface area contributed by atoms with Gasteiger partial charge in [0, 0.05) is 0 Å². The molecule has 0 saturated carbocycles. The van der Waals surface area contributed by atoms with E-state index in [4.69, 9.17) is 4.74 Å². The standard InChI is InChI=1S/C14H17NO3/c1-3-10-14(11-16,15-13(17)18-4-2)12-8-6-5-7-9-12/h3,5-9,11H,1,4,10H2,2H3,(H,15,17)/t14-/m1/s1. The summed E-state index contributed by atoms with van der Waals surface area (Å²) < 4.78 is 4.82. The number of ether oxygens (including phenoxy) is 1. The van der Waals surface area contributed by atoms with E-state index in [1.807, 2.05) is 18.2 Å². The van der Waals surface area contributed by atoms with Crippen molar-refractivity contribution in [2.24, 2.45) is 0 Å². The van der Waals surface area contributed by atoms with Crippen molar-refractivity contribution >= 4 is 12.4 Å². The van der Waals surface area contributed by atoms with E-state index >= 15 is 0 Å². The number of hydrogen-bond donors (Lipinski definition) is 1. The minimum atomic E-state index is -1.12. The van der Waals surface area contributed by atoms with Crippen LogP contribution < -0.4 is 5.32 Å². The second kappa shape index (κ2) is 6.59. The number of hydrogen-bond acceptors (Lipinski definition) is 3. The third-order valence-electron chi connectivity index (χ3n) is 2.56. The second-order valence-corrected chi connectivity index (χ2v) is 3.79. The Hall–Kier alpha value is -2.10. The molecule has 4 nitrogen and oxygen atoms in total. The van der Waals surface area contributed by atoms with Crippen LogP contribution in [0.4, 0.5) is 4.79 Å². The molecule has 0 bridgehead atoms. The number of benzene rings is 1. The van der Waals surface area contributed by atoms with Crippen LogP contribution in [0.2, 0.25) is 0 Å². The Morgan fingerprint density at radius 3 is 2.61 bits per heavy atom. The van der Waals surface area contributed by atoms with Crippen LogP contribution in [0.5, 0.6) is 0 Å². The number of carbonyl (C=O) groups is 2. The molecule has 0 aliphatic carbocycles. The Bertz CT molecular complexity index is 416. The molecule has 0 unspecified atom stereocenters. The van der Waals surface area contributed by atoms with Gasteiger partial charge in [0.05, 0.1) is 6.61 Å². The third-order valence-corrected chi connectivity index (χ3v) is 2.56. The Balaban J connectivity index is 3.05. The third kappa shape index (κ3) is 3.20. The van der Waals surface area contributed by atoms with E-state index in [9.17, 15) is 9.59 Å². The monoisotopic (exact) mass is 247 g/mol. The lowest BCUT2D eigenvalue weighted by molar-refractivity contribution is -0.113. The van der Waals surface area contributed by atoms with E-state index in [1.54, 1.807) is 25.1 Å². The van der Waals surface area contributed by atoms with E-state index in [0.29, 0.717) is 18.3 Å². The first-order valence-corrected chi connectivity index (χ1v) is 5.76. The van der Waals surface area contributed by atoms with Gasteiger partial charge in [0.1, 0.15) is 11.8 Å². The van der Waals surface area contributed by atoms with Gasteiger partial charge >= 0.3 is 6.09 Å². The highest BCUT2D eigenvalue weighted by Crippen LogP contribution is 2.23. The first kappa shape index (κ1) is 14.0. The molecule has 1 aromatic carbocycles. The fourth-order valence-electron chi connectivity index (χ4n) is 1.70. The van der Waals surface area contributed by atoms with Crippen molar-refractivity contribution in [1.82, 2.24) is 5.32 Å². The molecule has 0 fully saturated rings. The Labute approximate surface area is 107 Å². The summed E-state index contributed by atoms with van der Waals surface area (Å²) in [4.78, 5) is 23.0. The lowest BCUT2D eigenvalue weighted by atomic mass is 9.88. The molecule has 0 aliphatic heterocycles. The molecule has 0 radical (unpaired) electrons. The molecule has 0 heterocycles. The number of rotatable bonds is 6.